The number of rotatable bonds is 5. The van der Waals surface area contributed by atoms with Gasteiger partial charge in [0.25, 0.3) is 11.8 Å². The largest absolute Gasteiger partial charge is 0.484 e. The smallest absolute Gasteiger partial charge is 0.271 e. The van der Waals surface area contributed by atoms with Gasteiger partial charge in [-0.1, -0.05) is 17.3 Å². The maximum absolute atomic E-state index is 13.3. The molecule has 2 aliphatic rings. The van der Waals surface area contributed by atoms with E-state index in [1.165, 1.54) is 0 Å². The molecular formula is C22H22N4O5. The second kappa shape index (κ2) is 8.47. The van der Waals surface area contributed by atoms with E-state index in [0.717, 1.165) is 5.56 Å². The number of fused-ring (bicyclic) bond motifs is 1. The molecule has 9 heteroatoms. The third-order valence-corrected chi connectivity index (χ3v) is 5.11. The Balaban J connectivity index is 1.48. The van der Waals surface area contributed by atoms with Crippen molar-refractivity contribution in [1.82, 2.24) is 0 Å². The maximum Gasteiger partial charge on any atom is 0.271 e. The second-order valence-corrected chi connectivity index (χ2v) is 7.44. The molecule has 0 saturated carbocycles. The van der Waals surface area contributed by atoms with Crippen LogP contribution in [-0.4, -0.2) is 42.2 Å². The van der Waals surface area contributed by atoms with Gasteiger partial charge in [0.2, 0.25) is 12.0 Å². The zero-order chi connectivity index (χ0) is 22.0. The number of nitrogens with zero attached hydrogens (tertiary/aromatic N) is 2. The highest BCUT2D eigenvalue weighted by molar-refractivity contribution is 6.09. The number of benzene rings is 2. The van der Waals surface area contributed by atoms with Crippen LogP contribution in [0.1, 0.15) is 25.3 Å². The van der Waals surface area contributed by atoms with Gasteiger partial charge in [-0.3, -0.25) is 14.4 Å². The van der Waals surface area contributed by atoms with Gasteiger partial charge >= 0.3 is 0 Å². The lowest BCUT2D eigenvalue weighted by atomic mass is 10.0. The van der Waals surface area contributed by atoms with E-state index in [9.17, 15) is 14.4 Å². The standard InChI is InChI=1S/C22H22N4O5/c1-13-10-21(28)24-16-4-2-3-5-18(16)26(13)22(29)19-11-17(25-31-19)14-6-8-15(9-7-14)30-12-20(23)27/h2-9,13,19H,10-12H2,1H3,(H2,23,27)(H,24,28)/t13-,19-/m0/s1. The summed E-state index contributed by atoms with van der Waals surface area (Å²) in [4.78, 5) is 43.4. The molecule has 31 heavy (non-hydrogen) atoms. The lowest BCUT2D eigenvalue weighted by Gasteiger charge is -2.29. The summed E-state index contributed by atoms with van der Waals surface area (Å²) in [6, 6.07) is 13.8. The SMILES string of the molecule is C[C@H]1CC(=O)Nc2ccccc2N1C(=O)[C@@H]1CC(c2ccc(OCC(N)=O)cc2)=NO1. The summed E-state index contributed by atoms with van der Waals surface area (Å²) >= 11 is 0. The van der Waals surface area contributed by atoms with Crippen LogP contribution in [0.4, 0.5) is 11.4 Å². The molecule has 2 aliphatic heterocycles. The number of nitrogens with one attached hydrogen (secondary N) is 1. The number of anilines is 2. The van der Waals surface area contributed by atoms with Crippen molar-refractivity contribution < 1.29 is 24.0 Å². The summed E-state index contributed by atoms with van der Waals surface area (Å²) in [7, 11) is 0. The Hall–Kier alpha value is -3.88. The van der Waals surface area contributed by atoms with Crippen LogP contribution in [0.5, 0.6) is 5.75 Å². The van der Waals surface area contributed by atoms with E-state index in [1.807, 2.05) is 19.1 Å². The van der Waals surface area contributed by atoms with Crippen molar-refractivity contribution in [3.63, 3.8) is 0 Å². The molecule has 0 unspecified atom stereocenters. The third-order valence-electron chi connectivity index (χ3n) is 5.11. The average Bonchev–Trinajstić information content (AvgIpc) is 3.19. The summed E-state index contributed by atoms with van der Waals surface area (Å²) in [6.45, 7) is 1.63. The number of hydrogen-bond acceptors (Lipinski definition) is 6. The summed E-state index contributed by atoms with van der Waals surface area (Å²) in [5.74, 6) is -0.447. The van der Waals surface area contributed by atoms with E-state index < -0.39 is 12.0 Å². The van der Waals surface area contributed by atoms with E-state index in [1.54, 1.807) is 41.3 Å². The van der Waals surface area contributed by atoms with Crippen molar-refractivity contribution in [2.24, 2.45) is 10.9 Å². The Bertz CT molecular complexity index is 1050. The molecule has 0 aliphatic carbocycles. The van der Waals surface area contributed by atoms with Gasteiger partial charge in [-0.2, -0.15) is 0 Å². The Morgan fingerprint density at radius 3 is 2.68 bits per heavy atom. The normalized spacial score (nSPS) is 20.1. The second-order valence-electron chi connectivity index (χ2n) is 7.44. The molecular weight excluding hydrogens is 400 g/mol. The topological polar surface area (TPSA) is 123 Å². The zero-order valence-corrected chi connectivity index (χ0v) is 16.9. The van der Waals surface area contributed by atoms with Crippen molar-refractivity contribution in [3.8, 4) is 5.75 Å². The van der Waals surface area contributed by atoms with Gasteiger partial charge < -0.3 is 25.5 Å². The molecule has 0 fully saturated rings. The molecule has 3 amide bonds. The molecule has 160 valence electrons. The highest BCUT2D eigenvalue weighted by Crippen LogP contribution is 2.33. The number of hydrogen-bond donors (Lipinski definition) is 2. The first-order chi connectivity index (χ1) is 14.9. The summed E-state index contributed by atoms with van der Waals surface area (Å²) in [5, 5.41) is 6.94. The van der Waals surface area contributed by atoms with Gasteiger partial charge in [0.1, 0.15) is 5.75 Å². The molecule has 0 radical (unpaired) electrons. The van der Waals surface area contributed by atoms with E-state index >= 15 is 0 Å². The Morgan fingerprint density at radius 1 is 1.19 bits per heavy atom. The average molecular weight is 422 g/mol. The fourth-order valence-corrected chi connectivity index (χ4v) is 3.66. The molecule has 0 aromatic heterocycles. The van der Waals surface area contributed by atoms with Crippen LogP contribution in [-0.2, 0) is 19.2 Å². The van der Waals surface area contributed by atoms with Crippen molar-refractivity contribution in [3.05, 3.63) is 54.1 Å². The van der Waals surface area contributed by atoms with Crippen molar-refractivity contribution >= 4 is 34.8 Å². The molecule has 2 heterocycles. The highest BCUT2D eigenvalue weighted by atomic mass is 16.6. The van der Waals surface area contributed by atoms with Gasteiger partial charge in [0.05, 0.1) is 17.1 Å². The minimum Gasteiger partial charge on any atom is -0.484 e. The van der Waals surface area contributed by atoms with Crippen molar-refractivity contribution in [2.75, 3.05) is 16.8 Å². The molecule has 2 aromatic carbocycles. The fourth-order valence-electron chi connectivity index (χ4n) is 3.66. The van der Waals surface area contributed by atoms with E-state index in [-0.39, 0.29) is 30.9 Å². The first-order valence-electron chi connectivity index (χ1n) is 9.88. The molecule has 2 aromatic rings. The van der Waals surface area contributed by atoms with Gasteiger partial charge in [-0.15, -0.1) is 0 Å². The van der Waals surface area contributed by atoms with Crippen molar-refractivity contribution in [2.45, 2.75) is 31.9 Å². The highest BCUT2D eigenvalue weighted by Gasteiger charge is 2.37. The van der Waals surface area contributed by atoms with Crippen LogP contribution in [0.2, 0.25) is 0 Å². The van der Waals surface area contributed by atoms with Crippen LogP contribution < -0.4 is 20.7 Å². The maximum atomic E-state index is 13.3. The van der Waals surface area contributed by atoms with Crippen LogP contribution in [0.25, 0.3) is 0 Å². The van der Waals surface area contributed by atoms with Gasteiger partial charge in [0.15, 0.2) is 6.61 Å². The molecule has 0 saturated heterocycles. The number of ether oxygens (including phenoxy) is 1. The summed E-state index contributed by atoms with van der Waals surface area (Å²) in [6.07, 6.45) is -0.301. The number of nitrogens with two attached hydrogens (primary N) is 1. The minimum absolute atomic E-state index is 0.141. The van der Waals surface area contributed by atoms with Crippen molar-refractivity contribution in [1.29, 1.82) is 0 Å². The van der Waals surface area contributed by atoms with Crippen LogP contribution >= 0.6 is 0 Å². The van der Waals surface area contributed by atoms with Gasteiger partial charge in [-0.25, -0.2) is 0 Å². The zero-order valence-electron chi connectivity index (χ0n) is 16.9. The quantitative estimate of drug-likeness (QED) is 0.761. The molecule has 2 atom stereocenters. The van der Waals surface area contributed by atoms with Gasteiger partial charge in [0, 0.05) is 18.9 Å². The molecule has 3 N–H and O–H groups in total. The number of para-hydroxylation sites is 2. The number of primary amides is 1. The monoisotopic (exact) mass is 422 g/mol. The molecule has 4 rings (SSSR count). The van der Waals surface area contributed by atoms with E-state index in [0.29, 0.717) is 29.3 Å². The minimum atomic E-state index is -0.788. The lowest BCUT2D eigenvalue weighted by molar-refractivity contribution is -0.129. The summed E-state index contributed by atoms with van der Waals surface area (Å²) in [5.41, 5.74) is 7.71. The van der Waals surface area contributed by atoms with Gasteiger partial charge in [-0.05, 0) is 48.9 Å². The first kappa shape index (κ1) is 20.4. The fraction of sp³-hybridized carbons (Fsp3) is 0.273. The Morgan fingerprint density at radius 2 is 1.94 bits per heavy atom. The summed E-state index contributed by atoms with van der Waals surface area (Å²) < 4.78 is 5.25. The van der Waals surface area contributed by atoms with Crippen LogP contribution in [0.15, 0.2) is 53.7 Å². The number of carbonyl (C=O) groups excluding carboxylic acids is 3. The van der Waals surface area contributed by atoms with Crippen LogP contribution in [0.3, 0.4) is 0 Å². The Kier molecular flexibility index (Phi) is 5.57. The lowest BCUT2D eigenvalue weighted by Crippen LogP contribution is -2.45. The number of oxime groups is 1. The molecule has 9 nitrogen and oxygen atoms in total. The molecule has 0 spiro atoms. The van der Waals surface area contributed by atoms with Crippen LogP contribution in [0, 0.1) is 0 Å². The number of amides is 3. The van der Waals surface area contributed by atoms with E-state index in [4.69, 9.17) is 15.3 Å². The first-order valence-corrected chi connectivity index (χ1v) is 9.88. The predicted molar refractivity (Wildman–Crippen MR) is 114 cm³/mol. The predicted octanol–water partition coefficient (Wildman–Crippen LogP) is 1.81. The van der Waals surface area contributed by atoms with E-state index in [2.05, 4.69) is 10.5 Å². The number of carbonyl (C=O) groups is 3. The third kappa shape index (κ3) is 4.35. The molecule has 0 bridgehead atoms. The Labute approximate surface area is 178 Å².